The van der Waals surface area contributed by atoms with Crippen LogP contribution in [0.1, 0.15) is 36.1 Å². The van der Waals surface area contributed by atoms with Gasteiger partial charge in [0.25, 0.3) is 0 Å². The van der Waals surface area contributed by atoms with Crippen molar-refractivity contribution in [2.24, 2.45) is 0 Å². The van der Waals surface area contributed by atoms with E-state index in [1.54, 1.807) is 0 Å². The smallest absolute Gasteiger partial charge is 0.125 e. The Morgan fingerprint density at radius 1 is 1.10 bits per heavy atom. The van der Waals surface area contributed by atoms with Gasteiger partial charge >= 0.3 is 0 Å². The van der Waals surface area contributed by atoms with Crippen LogP contribution < -0.4 is 10.1 Å². The summed E-state index contributed by atoms with van der Waals surface area (Å²) in [6.07, 6.45) is 3.20. The fourth-order valence-electron chi connectivity index (χ4n) is 3.10. The van der Waals surface area contributed by atoms with Crippen LogP contribution in [0.3, 0.4) is 0 Å². The minimum absolute atomic E-state index is 0.411. The molecule has 0 amide bonds. The van der Waals surface area contributed by atoms with Gasteiger partial charge in [-0.3, -0.25) is 0 Å². The van der Waals surface area contributed by atoms with E-state index in [0.717, 1.165) is 38.2 Å². The van der Waals surface area contributed by atoms with E-state index in [0.29, 0.717) is 6.04 Å². The van der Waals surface area contributed by atoms with Crippen molar-refractivity contribution >= 4 is 0 Å². The molecule has 0 radical (unpaired) electrons. The summed E-state index contributed by atoms with van der Waals surface area (Å²) in [6.45, 7) is 3.99. The predicted molar refractivity (Wildman–Crippen MR) is 86.8 cm³/mol. The first kappa shape index (κ1) is 14.2. The largest absolute Gasteiger partial charge is 0.493 e. The van der Waals surface area contributed by atoms with Gasteiger partial charge in [-0.15, -0.1) is 0 Å². The average Bonchev–Trinajstić information content (AvgIpc) is 3.01. The molecule has 1 aliphatic rings. The summed E-state index contributed by atoms with van der Waals surface area (Å²) in [5.41, 5.74) is 4.09. The summed E-state index contributed by atoms with van der Waals surface area (Å²) in [6, 6.07) is 17.7. The van der Waals surface area contributed by atoms with Crippen molar-refractivity contribution in [1.82, 2.24) is 5.32 Å². The van der Waals surface area contributed by atoms with Crippen molar-refractivity contribution in [1.29, 1.82) is 0 Å². The second kappa shape index (κ2) is 6.77. The zero-order valence-electron chi connectivity index (χ0n) is 12.6. The minimum Gasteiger partial charge on any atom is -0.493 e. The van der Waals surface area contributed by atoms with Crippen LogP contribution in [0.4, 0.5) is 0 Å². The molecule has 1 N–H and O–H groups in total. The summed E-state index contributed by atoms with van der Waals surface area (Å²) in [5.74, 6) is 1.14. The molecule has 2 aromatic rings. The van der Waals surface area contributed by atoms with E-state index < -0.39 is 0 Å². The Labute approximate surface area is 127 Å². The van der Waals surface area contributed by atoms with Gasteiger partial charge in [0.1, 0.15) is 5.75 Å². The Bertz CT molecular complexity index is 579. The number of hydrogen-bond donors (Lipinski definition) is 1. The molecule has 21 heavy (non-hydrogen) atoms. The Morgan fingerprint density at radius 3 is 2.76 bits per heavy atom. The maximum Gasteiger partial charge on any atom is 0.125 e. The minimum atomic E-state index is 0.411. The van der Waals surface area contributed by atoms with Crippen molar-refractivity contribution in [3.63, 3.8) is 0 Å². The predicted octanol–water partition coefficient (Wildman–Crippen LogP) is 3.90. The van der Waals surface area contributed by atoms with E-state index in [4.69, 9.17) is 4.74 Å². The molecule has 0 saturated carbocycles. The molecule has 0 aromatic heterocycles. The van der Waals surface area contributed by atoms with Crippen molar-refractivity contribution in [3.8, 4) is 5.75 Å². The van der Waals surface area contributed by atoms with Gasteiger partial charge in [-0.1, -0.05) is 55.5 Å². The number of para-hydroxylation sites is 1. The summed E-state index contributed by atoms with van der Waals surface area (Å²) in [5, 5.41) is 3.60. The maximum absolute atomic E-state index is 5.81. The first-order valence-corrected chi connectivity index (χ1v) is 7.90. The molecule has 0 aliphatic carbocycles. The average molecular weight is 281 g/mol. The lowest BCUT2D eigenvalue weighted by molar-refractivity contribution is 0.352. The molecule has 2 heteroatoms. The summed E-state index contributed by atoms with van der Waals surface area (Å²) in [7, 11) is 0. The fraction of sp³-hybridized carbons (Fsp3) is 0.368. The highest BCUT2D eigenvalue weighted by atomic mass is 16.5. The normalized spacial score (nSPS) is 14.5. The Balaban J connectivity index is 1.72. The number of hydrogen-bond acceptors (Lipinski definition) is 2. The van der Waals surface area contributed by atoms with Gasteiger partial charge in [-0.25, -0.2) is 0 Å². The molecule has 2 nitrogen and oxygen atoms in total. The number of fused-ring (bicyclic) bond motifs is 1. The van der Waals surface area contributed by atoms with Gasteiger partial charge in [-0.2, -0.15) is 0 Å². The highest BCUT2D eigenvalue weighted by molar-refractivity contribution is 5.44. The van der Waals surface area contributed by atoms with E-state index >= 15 is 0 Å². The number of ether oxygens (including phenoxy) is 1. The van der Waals surface area contributed by atoms with Gasteiger partial charge in [0, 0.05) is 12.5 Å². The third-order valence-electron chi connectivity index (χ3n) is 4.15. The van der Waals surface area contributed by atoms with Crippen LogP contribution in [0.2, 0.25) is 0 Å². The number of rotatable bonds is 6. The second-order valence-corrected chi connectivity index (χ2v) is 5.56. The Kier molecular flexibility index (Phi) is 4.56. The molecule has 0 spiro atoms. The lowest BCUT2D eigenvalue weighted by Gasteiger charge is -2.19. The number of nitrogens with one attached hydrogen (secondary N) is 1. The lowest BCUT2D eigenvalue weighted by atomic mass is 9.97. The van der Waals surface area contributed by atoms with Crippen molar-refractivity contribution in [3.05, 3.63) is 65.2 Å². The highest BCUT2D eigenvalue weighted by Crippen LogP contribution is 2.31. The fourth-order valence-corrected chi connectivity index (χ4v) is 3.10. The van der Waals surface area contributed by atoms with Crippen LogP contribution in [0.5, 0.6) is 5.75 Å². The standard InChI is InChI=1S/C19H23NO/c1-2-20-18(15-7-4-3-5-8-15)12-11-16-9-6-10-17-13-14-21-19(16)17/h3-10,18,20H,2,11-14H2,1H3. The molecule has 0 saturated heterocycles. The van der Waals surface area contributed by atoms with Crippen molar-refractivity contribution < 1.29 is 4.74 Å². The van der Waals surface area contributed by atoms with Crippen LogP contribution in [-0.4, -0.2) is 13.2 Å². The molecule has 0 bridgehead atoms. The van der Waals surface area contributed by atoms with Crippen LogP contribution in [0.25, 0.3) is 0 Å². The molecular weight excluding hydrogens is 258 g/mol. The van der Waals surface area contributed by atoms with E-state index in [1.165, 1.54) is 16.7 Å². The maximum atomic E-state index is 5.81. The molecule has 1 aliphatic heterocycles. The van der Waals surface area contributed by atoms with E-state index in [-0.39, 0.29) is 0 Å². The second-order valence-electron chi connectivity index (χ2n) is 5.56. The number of benzene rings is 2. The third kappa shape index (κ3) is 3.27. The molecule has 110 valence electrons. The molecule has 1 heterocycles. The lowest BCUT2D eigenvalue weighted by Crippen LogP contribution is -2.21. The number of aryl methyl sites for hydroxylation is 1. The van der Waals surface area contributed by atoms with Crippen LogP contribution in [0.15, 0.2) is 48.5 Å². The molecule has 1 atom stereocenters. The van der Waals surface area contributed by atoms with Gasteiger partial charge in [0.2, 0.25) is 0 Å². The summed E-state index contributed by atoms with van der Waals surface area (Å²) < 4.78 is 5.81. The third-order valence-corrected chi connectivity index (χ3v) is 4.15. The van der Waals surface area contributed by atoms with Crippen molar-refractivity contribution in [2.75, 3.05) is 13.2 Å². The highest BCUT2D eigenvalue weighted by Gasteiger charge is 2.17. The van der Waals surface area contributed by atoms with Crippen LogP contribution >= 0.6 is 0 Å². The first-order valence-electron chi connectivity index (χ1n) is 7.90. The van der Waals surface area contributed by atoms with E-state index in [9.17, 15) is 0 Å². The van der Waals surface area contributed by atoms with E-state index in [2.05, 4.69) is 60.8 Å². The van der Waals surface area contributed by atoms with Crippen LogP contribution in [0, 0.1) is 0 Å². The zero-order chi connectivity index (χ0) is 14.5. The Hall–Kier alpha value is -1.80. The SMILES string of the molecule is CCNC(CCc1cccc2c1OCC2)c1ccccc1. The van der Waals surface area contributed by atoms with Gasteiger partial charge in [-0.05, 0) is 36.1 Å². The Morgan fingerprint density at radius 2 is 1.95 bits per heavy atom. The topological polar surface area (TPSA) is 21.3 Å². The molecule has 3 rings (SSSR count). The molecule has 2 aromatic carbocycles. The van der Waals surface area contributed by atoms with Gasteiger partial charge < -0.3 is 10.1 Å². The van der Waals surface area contributed by atoms with Crippen LogP contribution in [-0.2, 0) is 12.8 Å². The monoisotopic (exact) mass is 281 g/mol. The van der Waals surface area contributed by atoms with Crippen molar-refractivity contribution in [2.45, 2.75) is 32.2 Å². The molecule has 0 fully saturated rings. The van der Waals surface area contributed by atoms with Gasteiger partial charge in [0.05, 0.1) is 6.61 Å². The van der Waals surface area contributed by atoms with E-state index in [1.807, 2.05) is 0 Å². The molecular formula is C19H23NO. The van der Waals surface area contributed by atoms with Gasteiger partial charge in [0.15, 0.2) is 0 Å². The zero-order valence-corrected chi connectivity index (χ0v) is 12.6. The summed E-state index contributed by atoms with van der Waals surface area (Å²) in [4.78, 5) is 0. The first-order chi connectivity index (χ1) is 10.4. The molecule has 1 unspecified atom stereocenters. The summed E-state index contributed by atoms with van der Waals surface area (Å²) >= 11 is 0. The quantitative estimate of drug-likeness (QED) is 0.867.